The highest BCUT2D eigenvalue weighted by atomic mass is 16.6. The number of carbonyl (C=O) groups excluding carboxylic acids is 3. The van der Waals surface area contributed by atoms with Crippen molar-refractivity contribution in [1.29, 1.82) is 0 Å². The van der Waals surface area contributed by atoms with Crippen LogP contribution in [0.15, 0.2) is 54.9 Å². The number of hydrogen-bond acceptors (Lipinski definition) is 8. The summed E-state index contributed by atoms with van der Waals surface area (Å²) in [6.45, 7) is 1.73. The van der Waals surface area contributed by atoms with E-state index in [1.807, 2.05) is 18.2 Å². The van der Waals surface area contributed by atoms with Crippen LogP contribution in [-0.2, 0) is 15.1 Å². The maximum absolute atomic E-state index is 13.3. The average molecular weight is 477 g/mol. The maximum Gasteiger partial charge on any atom is 0.325 e. The van der Waals surface area contributed by atoms with Crippen molar-refractivity contribution >= 4 is 17.8 Å². The van der Waals surface area contributed by atoms with Gasteiger partial charge in [-0.2, -0.15) is 0 Å². The summed E-state index contributed by atoms with van der Waals surface area (Å²) >= 11 is 0. The fourth-order valence-corrected chi connectivity index (χ4v) is 4.09. The maximum atomic E-state index is 13.3. The Morgan fingerprint density at radius 2 is 2.00 bits per heavy atom. The number of ether oxygens (including phenoxy) is 2. The minimum Gasteiger partial charge on any atom is -0.486 e. The predicted molar refractivity (Wildman–Crippen MR) is 121 cm³/mol. The average Bonchev–Trinajstić information content (AvgIpc) is 3.48. The first-order chi connectivity index (χ1) is 16.8. The van der Waals surface area contributed by atoms with Crippen molar-refractivity contribution in [1.82, 2.24) is 35.3 Å². The second kappa shape index (κ2) is 8.70. The molecule has 3 aromatic rings. The number of nitrogens with one attached hydrogen (secondary N) is 1. The first kappa shape index (κ1) is 22.3. The number of tetrazole rings is 1. The fraction of sp³-hybridized carbons (Fsp3) is 0.304. The molecule has 3 heterocycles. The molecule has 12 heteroatoms. The van der Waals surface area contributed by atoms with E-state index in [1.165, 1.54) is 15.9 Å². The van der Waals surface area contributed by atoms with Crippen LogP contribution >= 0.6 is 0 Å². The van der Waals surface area contributed by atoms with Crippen molar-refractivity contribution in [2.75, 3.05) is 26.7 Å². The molecule has 1 fully saturated rings. The number of carbonyl (C=O) groups is 3. The van der Waals surface area contributed by atoms with Gasteiger partial charge in [-0.15, -0.1) is 5.10 Å². The van der Waals surface area contributed by atoms with Crippen molar-refractivity contribution in [3.63, 3.8) is 0 Å². The van der Waals surface area contributed by atoms with Gasteiger partial charge in [-0.3, -0.25) is 14.5 Å². The van der Waals surface area contributed by atoms with Crippen LogP contribution in [0.1, 0.15) is 12.5 Å². The molecular formula is C23H23N7O5. The number of nitrogens with zero attached hydrogens (tertiary/aromatic N) is 6. The van der Waals surface area contributed by atoms with Crippen LogP contribution in [0.2, 0.25) is 0 Å². The lowest BCUT2D eigenvalue weighted by molar-refractivity contribution is -0.138. The molecule has 0 radical (unpaired) electrons. The van der Waals surface area contributed by atoms with Crippen molar-refractivity contribution in [2.45, 2.75) is 18.6 Å². The molecule has 12 nitrogen and oxygen atoms in total. The molecule has 0 bridgehead atoms. The Labute approximate surface area is 200 Å². The lowest BCUT2D eigenvalue weighted by Gasteiger charge is -2.30. The number of aromatic nitrogens is 4. The van der Waals surface area contributed by atoms with Gasteiger partial charge in [-0.1, -0.05) is 24.3 Å². The molecule has 4 amide bonds. The van der Waals surface area contributed by atoms with Crippen LogP contribution in [0.5, 0.6) is 11.5 Å². The van der Waals surface area contributed by atoms with Gasteiger partial charge in [-0.05, 0) is 47.2 Å². The van der Waals surface area contributed by atoms with Crippen LogP contribution < -0.4 is 14.8 Å². The van der Waals surface area contributed by atoms with E-state index in [-0.39, 0.29) is 19.3 Å². The van der Waals surface area contributed by atoms with E-state index in [0.717, 1.165) is 4.90 Å². The Morgan fingerprint density at radius 1 is 1.20 bits per heavy atom. The molecule has 1 aromatic heterocycles. The van der Waals surface area contributed by atoms with E-state index in [2.05, 4.69) is 20.8 Å². The second-order valence-corrected chi connectivity index (χ2v) is 8.52. The number of para-hydroxylation sites is 2. The van der Waals surface area contributed by atoms with Gasteiger partial charge >= 0.3 is 6.03 Å². The zero-order chi connectivity index (χ0) is 24.6. The molecule has 2 aliphatic heterocycles. The predicted octanol–water partition coefficient (Wildman–Crippen LogP) is 0.728. The topological polar surface area (TPSA) is 132 Å². The molecule has 35 heavy (non-hydrogen) atoms. The van der Waals surface area contributed by atoms with Crippen LogP contribution in [-0.4, -0.2) is 80.7 Å². The van der Waals surface area contributed by atoms with Crippen molar-refractivity contribution in [3.05, 3.63) is 60.4 Å². The number of rotatable bonds is 6. The van der Waals surface area contributed by atoms with Gasteiger partial charge in [0.1, 0.15) is 25.0 Å². The summed E-state index contributed by atoms with van der Waals surface area (Å²) in [5.74, 6) is 0.339. The Bertz CT molecular complexity index is 1280. The van der Waals surface area contributed by atoms with Gasteiger partial charge in [0, 0.05) is 7.05 Å². The van der Waals surface area contributed by atoms with Gasteiger partial charge in [0.15, 0.2) is 17.6 Å². The number of likely N-dealkylation sites (N-methyl/N-ethyl adjacent to an activating group) is 1. The van der Waals surface area contributed by atoms with Gasteiger partial charge in [-0.25, -0.2) is 9.48 Å². The lowest BCUT2D eigenvalue weighted by Crippen LogP contribution is -2.47. The first-order valence-corrected chi connectivity index (χ1v) is 11.0. The zero-order valence-corrected chi connectivity index (χ0v) is 19.1. The van der Waals surface area contributed by atoms with E-state index in [9.17, 15) is 14.4 Å². The minimum absolute atomic E-state index is 0.238. The highest BCUT2D eigenvalue weighted by Gasteiger charge is 2.49. The van der Waals surface area contributed by atoms with Crippen molar-refractivity contribution < 1.29 is 23.9 Å². The summed E-state index contributed by atoms with van der Waals surface area (Å²) in [5, 5.41) is 13.8. The summed E-state index contributed by atoms with van der Waals surface area (Å²) in [5.41, 5.74) is -0.177. The van der Waals surface area contributed by atoms with Gasteiger partial charge < -0.3 is 19.7 Å². The molecular weight excluding hydrogens is 454 g/mol. The molecule has 2 aromatic carbocycles. The lowest BCUT2D eigenvalue weighted by atomic mass is 9.91. The summed E-state index contributed by atoms with van der Waals surface area (Å²) in [6.07, 6.45) is 1.05. The molecule has 0 unspecified atom stereocenters. The fourth-order valence-electron chi connectivity index (χ4n) is 4.09. The van der Waals surface area contributed by atoms with Crippen LogP contribution in [0, 0.1) is 0 Å². The third-order valence-corrected chi connectivity index (χ3v) is 6.08. The Morgan fingerprint density at radius 3 is 2.77 bits per heavy atom. The molecule has 2 atom stereocenters. The van der Waals surface area contributed by atoms with Crippen LogP contribution in [0.25, 0.3) is 5.69 Å². The van der Waals surface area contributed by atoms with E-state index in [4.69, 9.17) is 9.47 Å². The summed E-state index contributed by atoms with van der Waals surface area (Å²) in [6, 6.07) is 13.6. The SMILES string of the molecule is CN(C[C@@H]1COc2ccccc2O1)C(=O)CN1C(=O)N[C@@](C)(c2cccc(-n3cnnn3)c2)C1=O. The van der Waals surface area contributed by atoms with Crippen molar-refractivity contribution in [3.8, 4) is 17.2 Å². The van der Waals surface area contributed by atoms with Gasteiger partial charge in [0.25, 0.3) is 5.91 Å². The number of imide groups is 1. The molecule has 5 rings (SSSR count). The third kappa shape index (κ3) is 4.14. The minimum atomic E-state index is -1.34. The monoisotopic (exact) mass is 477 g/mol. The standard InChI is InChI=1S/C23H23N7O5/c1-23(15-6-5-7-16(10-15)30-14-24-26-27-30)21(32)29(22(33)25-23)12-20(31)28(2)11-17-13-34-18-8-3-4-9-19(18)35-17/h3-10,14,17H,11-13H2,1-2H3,(H,25,33)/t17-,23+/m1/s1. The smallest absolute Gasteiger partial charge is 0.325 e. The highest BCUT2D eigenvalue weighted by Crippen LogP contribution is 2.32. The molecule has 0 aliphatic carbocycles. The van der Waals surface area contributed by atoms with E-state index in [1.54, 1.807) is 44.3 Å². The van der Waals surface area contributed by atoms with E-state index in [0.29, 0.717) is 22.7 Å². The van der Waals surface area contributed by atoms with E-state index < -0.39 is 29.9 Å². The van der Waals surface area contributed by atoms with Gasteiger partial charge in [0.05, 0.1) is 12.2 Å². The van der Waals surface area contributed by atoms with Crippen molar-refractivity contribution in [2.24, 2.45) is 0 Å². The third-order valence-electron chi connectivity index (χ3n) is 6.08. The number of urea groups is 1. The normalized spacial score (nSPS) is 21.1. The molecule has 180 valence electrons. The number of amides is 4. The summed E-state index contributed by atoms with van der Waals surface area (Å²) in [7, 11) is 1.60. The Balaban J connectivity index is 1.25. The summed E-state index contributed by atoms with van der Waals surface area (Å²) < 4.78 is 13.0. The largest absolute Gasteiger partial charge is 0.486 e. The summed E-state index contributed by atoms with van der Waals surface area (Å²) in [4.78, 5) is 41.3. The highest BCUT2D eigenvalue weighted by molar-refractivity contribution is 6.09. The van der Waals surface area contributed by atoms with Crippen LogP contribution in [0.4, 0.5) is 4.79 Å². The zero-order valence-electron chi connectivity index (χ0n) is 19.1. The quantitative estimate of drug-likeness (QED) is 0.514. The molecule has 2 aliphatic rings. The molecule has 1 N–H and O–H groups in total. The molecule has 0 saturated carbocycles. The number of benzene rings is 2. The number of hydrogen-bond donors (Lipinski definition) is 1. The molecule has 1 saturated heterocycles. The number of fused-ring (bicyclic) bond motifs is 1. The van der Waals surface area contributed by atoms with Crippen LogP contribution in [0.3, 0.4) is 0 Å². The van der Waals surface area contributed by atoms with E-state index >= 15 is 0 Å². The first-order valence-electron chi connectivity index (χ1n) is 11.0. The Hall–Kier alpha value is -4.48. The second-order valence-electron chi connectivity index (χ2n) is 8.52. The molecule has 0 spiro atoms. The Kier molecular flexibility index (Phi) is 5.55. The van der Waals surface area contributed by atoms with Gasteiger partial charge in [0.2, 0.25) is 5.91 Å².